The van der Waals surface area contributed by atoms with Crippen LogP contribution in [0.2, 0.25) is 0 Å². The summed E-state index contributed by atoms with van der Waals surface area (Å²) in [5.74, 6) is 0.225. The Bertz CT molecular complexity index is 590. The van der Waals surface area contributed by atoms with Crippen LogP contribution in [0.5, 0.6) is 0 Å². The number of carbonyl (C=O) groups is 2. The number of nitrogens with one attached hydrogen (secondary N) is 2. The third-order valence-corrected chi connectivity index (χ3v) is 4.96. The van der Waals surface area contributed by atoms with Crippen molar-refractivity contribution < 1.29 is 9.59 Å². The fourth-order valence-electron chi connectivity index (χ4n) is 3.30. The van der Waals surface area contributed by atoms with Crippen molar-refractivity contribution in [2.45, 2.75) is 57.9 Å². The number of rotatable bonds is 6. The number of nitrogens with two attached hydrogens (primary N) is 1. The standard InChI is InChI=1S/C20H31N3O2/c1-20(2,3)16-9-7-14(8-10-16)19(25)22-12-11-18(24)23-17-6-4-5-15(17)13-21/h7-10,15,17H,4-6,11-13,21H2,1-3H3,(H,22,25)(H,23,24). The summed E-state index contributed by atoms with van der Waals surface area (Å²) in [4.78, 5) is 24.2. The first-order chi connectivity index (χ1) is 11.8. The van der Waals surface area contributed by atoms with Gasteiger partial charge in [0.15, 0.2) is 0 Å². The SMILES string of the molecule is CC(C)(C)c1ccc(C(=O)NCCC(=O)NC2CCCC2CN)cc1. The molecule has 4 N–H and O–H groups in total. The van der Waals surface area contributed by atoms with E-state index < -0.39 is 0 Å². The van der Waals surface area contributed by atoms with E-state index in [9.17, 15) is 9.59 Å². The number of hydrogen-bond donors (Lipinski definition) is 3. The van der Waals surface area contributed by atoms with Crippen LogP contribution in [-0.2, 0) is 10.2 Å². The molecule has 5 heteroatoms. The van der Waals surface area contributed by atoms with Crippen LogP contribution < -0.4 is 16.4 Å². The average Bonchev–Trinajstić information content (AvgIpc) is 3.01. The molecule has 2 unspecified atom stereocenters. The minimum absolute atomic E-state index is 0.0197. The Morgan fingerprint density at radius 2 is 1.84 bits per heavy atom. The van der Waals surface area contributed by atoms with Gasteiger partial charge < -0.3 is 16.4 Å². The predicted molar refractivity (Wildman–Crippen MR) is 100 cm³/mol. The summed E-state index contributed by atoms with van der Waals surface area (Å²) < 4.78 is 0. The molecule has 5 nitrogen and oxygen atoms in total. The van der Waals surface area contributed by atoms with Gasteiger partial charge in [0.25, 0.3) is 5.91 Å². The fourth-order valence-corrected chi connectivity index (χ4v) is 3.30. The molecule has 0 heterocycles. The highest BCUT2D eigenvalue weighted by Crippen LogP contribution is 2.24. The third kappa shape index (κ3) is 5.56. The lowest BCUT2D eigenvalue weighted by molar-refractivity contribution is -0.121. The second-order valence-electron chi connectivity index (χ2n) is 7.93. The summed E-state index contributed by atoms with van der Waals surface area (Å²) in [5, 5.41) is 5.86. The molecule has 1 aliphatic rings. The molecule has 2 rings (SSSR count). The molecule has 2 amide bonds. The quantitative estimate of drug-likeness (QED) is 0.740. The maximum Gasteiger partial charge on any atom is 0.251 e. The Labute approximate surface area is 150 Å². The van der Waals surface area contributed by atoms with Gasteiger partial charge in [-0.15, -0.1) is 0 Å². The number of carbonyl (C=O) groups excluding carboxylic acids is 2. The van der Waals surface area contributed by atoms with Crippen molar-refractivity contribution in [3.05, 3.63) is 35.4 Å². The minimum atomic E-state index is -0.144. The van der Waals surface area contributed by atoms with E-state index >= 15 is 0 Å². The van der Waals surface area contributed by atoms with Gasteiger partial charge in [-0.2, -0.15) is 0 Å². The highest BCUT2D eigenvalue weighted by atomic mass is 16.2. The highest BCUT2D eigenvalue weighted by Gasteiger charge is 2.27. The average molecular weight is 345 g/mol. The van der Waals surface area contributed by atoms with E-state index in [1.165, 1.54) is 5.56 Å². The van der Waals surface area contributed by atoms with E-state index in [4.69, 9.17) is 5.73 Å². The van der Waals surface area contributed by atoms with Gasteiger partial charge in [-0.1, -0.05) is 39.3 Å². The molecule has 138 valence electrons. The van der Waals surface area contributed by atoms with Crippen LogP contribution in [0, 0.1) is 5.92 Å². The van der Waals surface area contributed by atoms with Crippen molar-refractivity contribution in [2.75, 3.05) is 13.1 Å². The van der Waals surface area contributed by atoms with Crippen molar-refractivity contribution >= 4 is 11.8 Å². The fraction of sp³-hybridized carbons (Fsp3) is 0.600. The molecule has 0 bridgehead atoms. The second kappa shape index (κ2) is 8.48. The van der Waals surface area contributed by atoms with Crippen LogP contribution in [0.3, 0.4) is 0 Å². The molecule has 1 aromatic carbocycles. The summed E-state index contributed by atoms with van der Waals surface area (Å²) in [7, 11) is 0. The number of benzene rings is 1. The van der Waals surface area contributed by atoms with E-state index in [1.807, 2.05) is 24.3 Å². The van der Waals surface area contributed by atoms with Crippen LogP contribution in [0.15, 0.2) is 24.3 Å². The smallest absolute Gasteiger partial charge is 0.251 e. The van der Waals surface area contributed by atoms with Crippen LogP contribution in [0.1, 0.15) is 62.4 Å². The largest absolute Gasteiger partial charge is 0.353 e. The van der Waals surface area contributed by atoms with Crippen LogP contribution >= 0.6 is 0 Å². The van der Waals surface area contributed by atoms with Gasteiger partial charge in [0.2, 0.25) is 5.91 Å². The van der Waals surface area contributed by atoms with E-state index in [1.54, 1.807) is 0 Å². The van der Waals surface area contributed by atoms with Crippen LogP contribution in [0.4, 0.5) is 0 Å². The molecule has 0 aromatic heterocycles. The summed E-state index contributed by atoms with van der Waals surface area (Å²) >= 11 is 0. The van der Waals surface area contributed by atoms with Crippen molar-refractivity contribution in [3.8, 4) is 0 Å². The second-order valence-corrected chi connectivity index (χ2v) is 7.93. The van der Waals surface area contributed by atoms with E-state index in [0.29, 0.717) is 31.0 Å². The first-order valence-corrected chi connectivity index (χ1v) is 9.19. The molecule has 0 spiro atoms. The molecule has 1 aromatic rings. The van der Waals surface area contributed by atoms with Gasteiger partial charge in [-0.25, -0.2) is 0 Å². The van der Waals surface area contributed by atoms with Crippen LogP contribution in [-0.4, -0.2) is 30.9 Å². The van der Waals surface area contributed by atoms with E-state index in [2.05, 4.69) is 31.4 Å². The van der Waals surface area contributed by atoms with Crippen molar-refractivity contribution in [2.24, 2.45) is 11.7 Å². The van der Waals surface area contributed by atoms with E-state index in [-0.39, 0.29) is 23.3 Å². The molecule has 2 atom stereocenters. The maximum atomic E-state index is 12.2. The first kappa shape index (κ1) is 19.4. The number of hydrogen-bond acceptors (Lipinski definition) is 3. The Morgan fingerprint density at radius 3 is 2.44 bits per heavy atom. The lowest BCUT2D eigenvalue weighted by atomic mass is 9.87. The molecule has 1 fully saturated rings. The summed E-state index contributed by atoms with van der Waals surface area (Å²) in [6.07, 6.45) is 3.50. The van der Waals surface area contributed by atoms with Crippen molar-refractivity contribution in [1.29, 1.82) is 0 Å². The lowest BCUT2D eigenvalue weighted by Crippen LogP contribution is -2.41. The molecule has 0 aliphatic heterocycles. The molecule has 0 saturated heterocycles. The van der Waals surface area contributed by atoms with Crippen molar-refractivity contribution in [1.82, 2.24) is 10.6 Å². The minimum Gasteiger partial charge on any atom is -0.353 e. The Morgan fingerprint density at radius 1 is 1.16 bits per heavy atom. The first-order valence-electron chi connectivity index (χ1n) is 9.19. The predicted octanol–water partition coefficient (Wildman–Crippen LogP) is 2.35. The zero-order chi connectivity index (χ0) is 18.4. The summed E-state index contributed by atoms with van der Waals surface area (Å²) in [6, 6.07) is 7.82. The van der Waals surface area contributed by atoms with Gasteiger partial charge in [-0.05, 0) is 48.4 Å². The van der Waals surface area contributed by atoms with Crippen molar-refractivity contribution in [3.63, 3.8) is 0 Å². The molecule has 25 heavy (non-hydrogen) atoms. The van der Waals surface area contributed by atoms with Gasteiger partial charge in [0.05, 0.1) is 0 Å². The van der Waals surface area contributed by atoms with Gasteiger partial charge in [0.1, 0.15) is 0 Å². The molecule has 0 radical (unpaired) electrons. The Balaban J connectivity index is 1.75. The maximum absolute atomic E-state index is 12.2. The monoisotopic (exact) mass is 345 g/mol. The molecule has 1 saturated carbocycles. The van der Waals surface area contributed by atoms with Gasteiger partial charge >= 0.3 is 0 Å². The third-order valence-electron chi connectivity index (χ3n) is 4.96. The normalized spacial score (nSPS) is 20.3. The highest BCUT2D eigenvalue weighted by molar-refractivity contribution is 5.94. The molecule has 1 aliphatic carbocycles. The van der Waals surface area contributed by atoms with E-state index in [0.717, 1.165) is 19.3 Å². The zero-order valence-electron chi connectivity index (χ0n) is 15.6. The van der Waals surface area contributed by atoms with Gasteiger partial charge in [-0.3, -0.25) is 9.59 Å². The van der Waals surface area contributed by atoms with Crippen LogP contribution in [0.25, 0.3) is 0 Å². The molecular formula is C20H31N3O2. The number of amides is 2. The Hall–Kier alpha value is -1.88. The van der Waals surface area contributed by atoms with Gasteiger partial charge in [0, 0.05) is 24.6 Å². The zero-order valence-corrected chi connectivity index (χ0v) is 15.6. The summed E-state index contributed by atoms with van der Waals surface area (Å²) in [5.41, 5.74) is 7.60. The lowest BCUT2D eigenvalue weighted by Gasteiger charge is -2.19. The summed E-state index contributed by atoms with van der Waals surface area (Å²) in [6.45, 7) is 7.37. The topological polar surface area (TPSA) is 84.2 Å². The molecular weight excluding hydrogens is 314 g/mol. The Kier molecular flexibility index (Phi) is 6.59.